The van der Waals surface area contributed by atoms with Gasteiger partial charge in [0.15, 0.2) is 0 Å². The normalized spacial score (nSPS) is 21.3. The van der Waals surface area contributed by atoms with Crippen LogP contribution in [0.5, 0.6) is 0 Å². The van der Waals surface area contributed by atoms with E-state index in [4.69, 9.17) is 0 Å². The lowest BCUT2D eigenvalue weighted by Crippen LogP contribution is -2.31. The van der Waals surface area contributed by atoms with E-state index in [9.17, 15) is 14.4 Å². The number of likely N-dealkylation sites (N-methyl/N-ethyl adjacent to an activating group) is 1. The van der Waals surface area contributed by atoms with Crippen LogP contribution in [-0.4, -0.2) is 30.8 Å². The highest BCUT2D eigenvalue weighted by Crippen LogP contribution is 2.44. The number of amides is 3. The van der Waals surface area contributed by atoms with Crippen molar-refractivity contribution in [1.29, 1.82) is 0 Å². The van der Waals surface area contributed by atoms with Crippen LogP contribution in [0.1, 0.15) is 72.2 Å². The summed E-state index contributed by atoms with van der Waals surface area (Å²) in [5, 5.41) is 9.57. The number of carbonyl (C=O) groups excluding carboxylic acids is 3. The maximum Gasteiger partial charge on any atom is 0.254 e. The second-order valence-electron chi connectivity index (χ2n) is 7.91. The van der Waals surface area contributed by atoms with Crippen molar-refractivity contribution in [2.75, 3.05) is 18.4 Å². The molecule has 3 N–H and O–H groups in total. The van der Waals surface area contributed by atoms with Crippen LogP contribution in [0.4, 0.5) is 5.00 Å². The highest BCUT2D eigenvalue weighted by Gasteiger charge is 2.36. The van der Waals surface area contributed by atoms with E-state index in [0.29, 0.717) is 29.6 Å². The molecule has 146 valence electrons. The summed E-state index contributed by atoms with van der Waals surface area (Å²) in [7, 11) is 0. The maximum absolute atomic E-state index is 12.9. The van der Waals surface area contributed by atoms with Gasteiger partial charge in [0, 0.05) is 23.9 Å². The van der Waals surface area contributed by atoms with Gasteiger partial charge < -0.3 is 16.0 Å². The number of hydrogen-bond donors (Lipinski definition) is 3. The standard InChI is InChI=1S/C20H27N3O3S/c1-2-21-18(25)14-5-3-4-13-15(19(26)22-10-11-6-7-11)20(27-16(13)14)23-17(24)12-8-9-12/h11-12,14H,2-10H2,1H3,(H,21,25)(H,22,26)(H,23,24)/t14-/m0/s1. The predicted octanol–water partition coefficient (Wildman–Crippen LogP) is 2.79. The van der Waals surface area contributed by atoms with Gasteiger partial charge in [-0.1, -0.05) is 0 Å². The lowest BCUT2D eigenvalue weighted by Gasteiger charge is -2.22. The fraction of sp³-hybridized carbons (Fsp3) is 0.650. The van der Waals surface area contributed by atoms with Crippen molar-refractivity contribution in [2.45, 2.75) is 57.8 Å². The molecule has 3 amide bonds. The molecule has 3 aliphatic carbocycles. The van der Waals surface area contributed by atoms with E-state index in [-0.39, 0.29) is 29.6 Å². The molecular formula is C20H27N3O3S. The summed E-state index contributed by atoms with van der Waals surface area (Å²) in [6, 6.07) is 0. The van der Waals surface area contributed by atoms with Crippen molar-refractivity contribution in [2.24, 2.45) is 11.8 Å². The molecular weight excluding hydrogens is 362 g/mol. The van der Waals surface area contributed by atoms with Gasteiger partial charge in [-0.05, 0) is 63.4 Å². The zero-order valence-corrected chi connectivity index (χ0v) is 16.5. The van der Waals surface area contributed by atoms with E-state index < -0.39 is 0 Å². The Balaban J connectivity index is 1.64. The molecule has 7 heteroatoms. The Morgan fingerprint density at radius 3 is 2.48 bits per heavy atom. The molecule has 1 atom stereocenters. The minimum absolute atomic E-state index is 0.000556. The number of hydrogen-bond acceptors (Lipinski definition) is 4. The highest BCUT2D eigenvalue weighted by atomic mass is 32.1. The van der Waals surface area contributed by atoms with Gasteiger partial charge in [0.2, 0.25) is 11.8 Å². The Kier molecular flexibility index (Phi) is 5.21. The van der Waals surface area contributed by atoms with E-state index in [1.165, 1.54) is 24.2 Å². The molecule has 3 aliphatic rings. The average Bonchev–Trinajstić information content (AvgIpc) is 3.55. The van der Waals surface area contributed by atoms with Crippen LogP contribution in [0.3, 0.4) is 0 Å². The minimum Gasteiger partial charge on any atom is -0.356 e. The Labute approximate surface area is 163 Å². The van der Waals surface area contributed by atoms with Crippen molar-refractivity contribution in [3.8, 4) is 0 Å². The first-order valence-corrected chi connectivity index (χ1v) is 10.9. The SMILES string of the molecule is CCNC(=O)[C@H]1CCCc2c1sc(NC(=O)C1CC1)c2C(=O)NCC1CC1. The molecule has 1 aromatic rings. The van der Waals surface area contributed by atoms with Gasteiger partial charge in [-0.25, -0.2) is 0 Å². The number of anilines is 1. The lowest BCUT2D eigenvalue weighted by molar-refractivity contribution is -0.122. The van der Waals surface area contributed by atoms with Crippen molar-refractivity contribution >= 4 is 34.1 Å². The Hall–Kier alpha value is -1.89. The fourth-order valence-corrected chi connectivity index (χ4v) is 5.09. The number of carbonyl (C=O) groups is 3. The molecule has 1 aromatic heterocycles. The van der Waals surface area contributed by atoms with Crippen LogP contribution in [0.15, 0.2) is 0 Å². The third-order valence-corrected chi connectivity index (χ3v) is 6.86. The molecule has 0 aromatic carbocycles. The van der Waals surface area contributed by atoms with Gasteiger partial charge in [-0.2, -0.15) is 0 Å². The number of rotatable bonds is 7. The molecule has 4 rings (SSSR count). The summed E-state index contributed by atoms with van der Waals surface area (Å²) >= 11 is 1.42. The van der Waals surface area contributed by atoms with Crippen LogP contribution in [-0.2, 0) is 16.0 Å². The first-order chi connectivity index (χ1) is 13.1. The van der Waals surface area contributed by atoms with Crippen LogP contribution < -0.4 is 16.0 Å². The quantitative estimate of drug-likeness (QED) is 0.670. The molecule has 2 fully saturated rings. The molecule has 0 bridgehead atoms. The van der Waals surface area contributed by atoms with Gasteiger partial charge in [0.1, 0.15) is 5.00 Å². The summed E-state index contributed by atoms with van der Waals surface area (Å²) in [5.74, 6) is 0.355. The summed E-state index contributed by atoms with van der Waals surface area (Å²) in [5.41, 5.74) is 1.56. The van der Waals surface area contributed by atoms with E-state index >= 15 is 0 Å². The van der Waals surface area contributed by atoms with Gasteiger partial charge in [0.25, 0.3) is 5.91 Å². The number of fused-ring (bicyclic) bond motifs is 1. The molecule has 27 heavy (non-hydrogen) atoms. The zero-order valence-electron chi connectivity index (χ0n) is 15.7. The monoisotopic (exact) mass is 389 g/mol. The van der Waals surface area contributed by atoms with Gasteiger partial charge in [-0.15, -0.1) is 11.3 Å². The van der Waals surface area contributed by atoms with Crippen LogP contribution >= 0.6 is 11.3 Å². The molecule has 2 saturated carbocycles. The summed E-state index contributed by atoms with van der Waals surface area (Å²) in [4.78, 5) is 38.8. The Morgan fingerprint density at radius 1 is 1.04 bits per heavy atom. The van der Waals surface area contributed by atoms with E-state index in [1.54, 1.807) is 0 Å². The average molecular weight is 390 g/mol. The fourth-order valence-electron chi connectivity index (χ4n) is 3.71. The molecule has 0 spiro atoms. The first-order valence-electron chi connectivity index (χ1n) is 10.1. The van der Waals surface area contributed by atoms with Crippen LogP contribution in [0.2, 0.25) is 0 Å². The Morgan fingerprint density at radius 2 is 1.81 bits per heavy atom. The topological polar surface area (TPSA) is 87.3 Å². The smallest absolute Gasteiger partial charge is 0.254 e. The first kappa shape index (κ1) is 18.5. The summed E-state index contributed by atoms with van der Waals surface area (Å²) in [6.45, 7) is 3.20. The lowest BCUT2D eigenvalue weighted by atomic mass is 9.86. The molecule has 0 aliphatic heterocycles. The molecule has 6 nitrogen and oxygen atoms in total. The molecule has 1 heterocycles. The molecule has 0 radical (unpaired) electrons. The Bertz CT molecular complexity index is 765. The largest absolute Gasteiger partial charge is 0.356 e. The maximum atomic E-state index is 12.9. The minimum atomic E-state index is -0.222. The number of thiophene rings is 1. The van der Waals surface area contributed by atoms with Crippen LogP contribution in [0.25, 0.3) is 0 Å². The van der Waals surface area contributed by atoms with Gasteiger partial charge in [0.05, 0.1) is 11.5 Å². The van der Waals surface area contributed by atoms with Gasteiger partial charge in [-0.3, -0.25) is 14.4 Å². The van der Waals surface area contributed by atoms with Gasteiger partial charge >= 0.3 is 0 Å². The third kappa shape index (κ3) is 4.03. The van der Waals surface area contributed by atoms with Crippen LogP contribution in [0, 0.1) is 11.8 Å². The van der Waals surface area contributed by atoms with E-state index in [0.717, 1.165) is 42.5 Å². The third-order valence-electron chi connectivity index (χ3n) is 5.60. The molecule has 0 saturated heterocycles. The van der Waals surface area contributed by atoms with E-state index in [2.05, 4.69) is 16.0 Å². The van der Waals surface area contributed by atoms with Crippen molar-refractivity contribution in [3.05, 3.63) is 16.0 Å². The van der Waals surface area contributed by atoms with Crippen molar-refractivity contribution in [1.82, 2.24) is 10.6 Å². The highest BCUT2D eigenvalue weighted by molar-refractivity contribution is 7.17. The zero-order chi connectivity index (χ0) is 19.0. The molecule has 0 unspecified atom stereocenters. The van der Waals surface area contributed by atoms with Crippen molar-refractivity contribution in [3.63, 3.8) is 0 Å². The summed E-state index contributed by atoms with van der Waals surface area (Å²) < 4.78 is 0. The second-order valence-corrected chi connectivity index (χ2v) is 8.96. The summed E-state index contributed by atoms with van der Waals surface area (Å²) in [6.07, 6.45) is 6.64. The van der Waals surface area contributed by atoms with Crippen molar-refractivity contribution < 1.29 is 14.4 Å². The predicted molar refractivity (Wildman–Crippen MR) is 105 cm³/mol. The second kappa shape index (κ2) is 7.62. The van der Waals surface area contributed by atoms with E-state index in [1.807, 2.05) is 6.92 Å². The number of nitrogens with one attached hydrogen (secondary N) is 3.